The van der Waals surface area contributed by atoms with Crippen LogP contribution in [0.3, 0.4) is 0 Å². The summed E-state index contributed by atoms with van der Waals surface area (Å²) in [5.41, 5.74) is 2.17. The molecule has 146 valence electrons. The fraction of sp³-hybridized carbons (Fsp3) is 0.435. The highest BCUT2D eigenvalue weighted by atomic mass is 16.5. The molecule has 1 unspecified atom stereocenters. The molecule has 0 spiro atoms. The van der Waals surface area contributed by atoms with Crippen LogP contribution in [0.1, 0.15) is 56.7 Å². The van der Waals surface area contributed by atoms with Crippen molar-refractivity contribution in [2.24, 2.45) is 0 Å². The van der Waals surface area contributed by atoms with Crippen LogP contribution < -0.4 is 9.47 Å². The minimum absolute atomic E-state index is 0.00780. The zero-order valence-electron chi connectivity index (χ0n) is 16.9. The van der Waals surface area contributed by atoms with E-state index in [2.05, 4.69) is 26.0 Å². The highest BCUT2D eigenvalue weighted by Crippen LogP contribution is 2.30. The normalized spacial score (nSPS) is 11.7. The summed E-state index contributed by atoms with van der Waals surface area (Å²) in [5, 5.41) is 0. The molecule has 1 amide bonds. The van der Waals surface area contributed by atoms with E-state index >= 15 is 0 Å². The second-order valence-corrected chi connectivity index (χ2v) is 6.75. The molecule has 0 bridgehead atoms. The maximum atomic E-state index is 13.0. The number of hydrogen-bond donors (Lipinski definition) is 0. The number of ether oxygens (including phenoxy) is 2. The zero-order valence-corrected chi connectivity index (χ0v) is 16.9. The molecule has 4 heteroatoms. The Morgan fingerprint density at radius 3 is 2.33 bits per heavy atom. The molecule has 0 N–H and O–H groups in total. The number of rotatable bonds is 10. The summed E-state index contributed by atoms with van der Waals surface area (Å²) < 4.78 is 10.7. The van der Waals surface area contributed by atoms with Crippen LogP contribution in [0.4, 0.5) is 0 Å². The van der Waals surface area contributed by atoms with Gasteiger partial charge >= 0.3 is 0 Å². The number of benzene rings is 2. The molecule has 0 aromatic heterocycles. The second-order valence-electron chi connectivity index (χ2n) is 6.75. The van der Waals surface area contributed by atoms with Gasteiger partial charge in [-0.2, -0.15) is 0 Å². The summed E-state index contributed by atoms with van der Waals surface area (Å²) in [4.78, 5) is 14.9. The lowest BCUT2D eigenvalue weighted by Gasteiger charge is -2.30. The van der Waals surface area contributed by atoms with Crippen LogP contribution in [0.5, 0.6) is 11.5 Å². The van der Waals surface area contributed by atoms with Crippen molar-refractivity contribution in [2.75, 3.05) is 14.2 Å². The minimum atomic E-state index is 0.00780. The van der Waals surface area contributed by atoms with Gasteiger partial charge in [-0.3, -0.25) is 4.79 Å². The molecule has 2 aromatic rings. The first-order valence-corrected chi connectivity index (χ1v) is 9.66. The van der Waals surface area contributed by atoms with Gasteiger partial charge in [0.25, 0.3) is 0 Å². The zero-order chi connectivity index (χ0) is 19.6. The van der Waals surface area contributed by atoms with Crippen LogP contribution in [0.25, 0.3) is 0 Å². The van der Waals surface area contributed by atoms with Crippen molar-refractivity contribution in [3.63, 3.8) is 0 Å². The Bertz CT molecular complexity index is 715. The summed E-state index contributed by atoms with van der Waals surface area (Å²) in [6, 6.07) is 16.0. The van der Waals surface area contributed by atoms with Crippen molar-refractivity contribution >= 4 is 5.91 Å². The Balaban J connectivity index is 2.25. The predicted octanol–water partition coefficient (Wildman–Crippen LogP) is 5.37. The smallest absolute Gasteiger partial charge is 0.223 e. The first-order chi connectivity index (χ1) is 13.1. The van der Waals surface area contributed by atoms with Gasteiger partial charge in [-0.1, -0.05) is 56.2 Å². The van der Waals surface area contributed by atoms with Crippen molar-refractivity contribution in [3.05, 3.63) is 59.7 Å². The maximum absolute atomic E-state index is 13.0. The van der Waals surface area contributed by atoms with E-state index < -0.39 is 0 Å². The molecule has 2 rings (SSSR count). The topological polar surface area (TPSA) is 38.8 Å². The standard InChI is InChI=1S/C23H31NO3/c1-5-6-8-13-23(25)24(18(2)20-11-9-7-10-12-20)17-19-14-15-21(26-3)22(16-19)27-4/h7,9-12,14-16,18H,5-6,8,13,17H2,1-4H3. The van der Waals surface area contributed by atoms with Gasteiger partial charge in [0.15, 0.2) is 11.5 Å². The van der Waals surface area contributed by atoms with E-state index in [0.29, 0.717) is 24.5 Å². The van der Waals surface area contributed by atoms with Gasteiger partial charge in [0.1, 0.15) is 0 Å². The number of carbonyl (C=O) groups is 1. The molecule has 0 aliphatic carbocycles. The molecule has 0 heterocycles. The molecular formula is C23H31NO3. The monoisotopic (exact) mass is 369 g/mol. The third-order valence-electron chi connectivity index (χ3n) is 4.86. The Morgan fingerprint density at radius 2 is 1.70 bits per heavy atom. The van der Waals surface area contributed by atoms with Crippen LogP contribution in [0, 0.1) is 0 Å². The summed E-state index contributed by atoms with van der Waals surface area (Å²) in [5.74, 6) is 1.56. The molecule has 2 aromatic carbocycles. The number of nitrogens with zero attached hydrogens (tertiary/aromatic N) is 1. The van der Waals surface area contributed by atoms with Crippen molar-refractivity contribution in [2.45, 2.75) is 52.1 Å². The lowest BCUT2D eigenvalue weighted by Crippen LogP contribution is -2.33. The quantitative estimate of drug-likeness (QED) is 0.528. The Morgan fingerprint density at radius 1 is 1.00 bits per heavy atom. The SMILES string of the molecule is CCCCCC(=O)N(Cc1ccc(OC)c(OC)c1)C(C)c1ccccc1. The third-order valence-corrected chi connectivity index (χ3v) is 4.86. The lowest BCUT2D eigenvalue weighted by atomic mass is 10.0. The molecule has 0 saturated heterocycles. The van der Waals surface area contributed by atoms with E-state index in [1.165, 1.54) is 0 Å². The Labute approximate surface area is 163 Å². The summed E-state index contributed by atoms with van der Waals surface area (Å²) in [6.07, 6.45) is 3.70. The molecule has 0 aliphatic heterocycles. The van der Waals surface area contributed by atoms with E-state index in [1.54, 1.807) is 14.2 Å². The Kier molecular flexibility index (Phi) is 8.18. The van der Waals surface area contributed by atoms with E-state index in [0.717, 1.165) is 30.4 Å². The molecule has 0 saturated carbocycles. The van der Waals surface area contributed by atoms with Gasteiger partial charge < -0.3 is 14.4 Å². The molecule has 4 nitrogen and oxygen atoms in total. The molecule has 0 aliphatic rings. The number of carbonyl (C=O) groups excluding carboxylic acids is 1. The maximum Gasteiger partial charge on any atom is 0.223 e. The van der Waals surface area contributed by atoms with Crippen molar-refractivity contribution in [1.82, 2.24) is 4.90 Å². The summed E-state index contributed by atoms with van der Waals surface area (Å²) in [6.45, 7) is 4.79. The van der Waals surface area contributed by atoms with Gasteiger partial charge in [0.2, 0.25) is 5.91 Å². The van der Waals surface area contributed by atoms with Gasteiger partial charge in [0.05, 0.1) is 20.3 Å². The molecular weight excluding hydrogens is 338 g/mol. The average molecular weight is 370 g/mol. The van der Waals surface area contributed by atoms with Gasteiger partial charge in [0, 0.05) is 13.0 Å². The first kappa shape index (κ1) is 20.8. The molecule has 27 heavy (non-hydrogen) atoms. The Hall–Kier alpha value is -2.49. The predicted molar refractivity (Wildman–Crippen MR) is 109 cm³/mol. The van der Waals surface area contributed by atoms with E-state index in [-0.39, 0.29) is 11.9 Å². The fourth-order valence-corrected chi connectivity index (χ4v) is 3.20. The van der Waals surface area contributed by atoms with E-state index in [9.17, 15) is 4.79 Å². The number of unbranched alkanes of at least 4 members (excludes halogenated alkanes) is 2. The van der Waals surface area contributed by atoms with Gasteiger partial charge in [-0.25, -0.2) is 0 Å². The summed E-state index contributed by atoms with van der Waals surface area (Å²) in [7, 11) is 3.25. The van der Waals surface area contributed by atoms with E-state index in [4.69, 9.17) is 9.47 Å². The highest BCUT2D eigenvalue weighted by Gasteiger charge is 2.22. The van der Waals surface area contributed by atoms with Crippen LogP contribution in [0.15, 0.2) is 48.5 Å². The van der Waals surface area contributed by atoms with Crippen molar-refractivity contribution in [1.29, 1.82) is 0 Å². The number of methoxy groups -OCH3 is 2. The fourth-order valence-electron chi connectivity index (χ4n) is 3.20. The molecule has 0 radical (unpaired) electrons. The van der Waals surface area contributed by atoms with Crippen LogP contribution in [-0.4, -0.2) is 25.0 Å². The average Bonchev–Trinajstić information content (AvgIpc) is 2.72. The molecule has 1 atom stereocenters. The molecule has 0 fully saturated rings. The van der Waals surface area contributed by atoms with Crippen molar-refractivity contribution < 1.29 is 14.3 Å². The number of hydrogen-bond acceptors (Lipinski definition) is 3. The summed E-state index contributed by atoms with van der Waals surface area (Å²) >= 11 is 0. The first-order valence-electron chi connectivity index (χ1n) is 9.66. The van der Waals surface area contributed by atoms with Gasteiger partial charge in [-0.05, 0) is 36.6 Å². The van der Waals surface area contributed by atoms with Crippen LogP contribution in [0.2, 0.25) is 0 Å². The minimum Gasteiger partial charge on any atom is -0.493 e. The third kappa shape index (κ3) is 5.75. The lowest BCUT2D eigenvalue weighted by molar-refractivity contribution is -0.134. The van der Waals surface area contributed by atoms with Crippen LogP contribution in [-0.2, 0) is 11.3 Å². The largest absolute Gasteiger partial charge is 0.493 e. The van der Waals surface area contributed by atoms with Gasteiger partial charge in [-0.15, -0.1) is 0 Å². The highest BCUT2D eigenvalue weighted by molar-refractivity contribution is 5.76. The van der Waals surface area contributed by atoms with Crippen molar-refractivity contribution in [3.8, 4) is 11.5 Å². The second kappa shape index (κ2) is 10.6. The van der Waals surface area contributed by atoms with E-state index in [1.807, 2.05) is 41.3 Å². The number of amides is 1. The van der Waals surface area contributed by atoms with Crippen LogP contribution >= 0.6 is 0 Å².